The van der Waals surface area contributed by atoms with Crippen LogP contribution >= 0.6 is 11.6 Å². The Hall–Kier alpha value is -2.70. The molecule has 0 bridgehead atoms. The van der Waals surface area contributed by atoms with Gasteiger partial charge in [-0.3, -0.25) is 9.69 Å². The van der Waals surface area contributed by atoms with Crippen LogP contribution in [0.4, 0.5) is 0 Å². The Morgan fingerprint density at radius 1 is 1.06 bits per heavy atom. The number of halogens is 1. The van der Waals surface area contributed by atoms with Crippen molar-refractivity contribution >= 4 is 17.5 Å². The molecule has 0 radical (unpaired) electrons. The predicted molar refractivity (Wildman–Crippen MR) is 121 cm³/mol. The number of hydrogen-bond acceptors (Lipinski definition) is 5. The van der Waals surface area contributed by atoms with E-state index in [0.29, 0.717) is 27.9 Å². The molecule has 162 valence electrons. The maximum atomic E-state index is 12.8. The van der Waals surface area contributed by atoms with E-state index in [1.165, 1.54) is 31.2 Å². The zero-order chi connectivity index (χ0) is 21.6. The van der Waals surface area contributed by atoms with Crippen molar-refractivity contribution in [1.29, 1.82) is 0 Å². The van der Waals surface area contributed by atoms with Crippen LogP contribution < -0.4 is 0 Å². The van der Waals surface area contributed by atoms with Gasteiger partial charge in [0.2, 0.25) is 11.7 Å². The molecule has 4 rings (SSSR count). The minimum atomic E-state index is -0.0844. The molecule has 0 atom stereocenters. The van der Waals surface area contributed by atoms with E-state index in [-0.39, 0.29) is 12.5 Å². The summed E-state index contributed by atoms with van der Waals surface area (Å²) in [5, 5.41) is 4.55. The number of hydrogen-bond donors (Lipinski definition) is 0. The molecule has 0 N–H and O–H groups in total. The van der Waals surface area contributed by atoms with Gasteiger partial charge in [0, 0.05) is 24.7 Å². The van der Waals surface area contributed by atoms with Gasteiger partial charge in [-0.05, 0) is 55.8 Å². The van der Waals surface area contributed by atoms with Gasteiger partial charge in [0.1, 0.15) is 0 Å². The number of carbonyl (C=O) groups is 1. The summed E-state index contributed by atoms with van der Waals surface area (Å²) in [5.41, 5.74) is 2.59. The summed E-state index contributed by atoms with van der Waals surface area (Å²) in [6.07, 6.45) is 5.21. The lowest BCUT2D eigenvalue weighted by Gasteiger charge is -2.20. The van der Waals surface area contributed by atoms with Gasteiger partial charge < -0.3 is 9.42 Å². The molecule has 1 fully saturated rings. The normalized spacial score (nSPS) is 14.9. The van der Waals surface area contributed by atoms with Gasteiger partial charge in [-0.2, -0.15) is 4.98 Å². The van der Waals surface area contributed by atoms with Crippen molar-refractivity contribution in [3.8, 4) is 11.4 Å². The highest BCUT2D eigenvalue weighted by Crippen LogP contribution is 2.25. The fourth-order valence-electron chi connectivity index (χ4n) is 3.87. The second-order valence-electron chi connectivity index (χ2n) is 8.04. The molecule has 0 unspecified atom stereocenters. The minimum Gasteiger partial charge on any atom is -0.337 e. The van der Waals surface area contributed by atoms with Gasteiger partial charge in [0.05, 0.1) is 11.6 Å². The Morgan fingerprint density at radius 3 is 2.48 bits per heavy atom. The van der Waals surface area contributed by atoms with Crippen LogP contribution in [0.5, 0.6) is 0 Å². The summed E-state index contributed by atoms with van der Waals surface area (Å²) in [7, 11) is 1.73. The Balaban J connectivity index is 1.36. The molecule has 1 amide bonds. The predicted octanol–water partition coefficient (Wildman–Crippen LogP) is 5.04. The minimum absolute atomic E-state index is 0.0844. The van der Waals surface area contributed by atoms with Crippen LogP contribution in [0.25, 0.3) is 11.4 Å². The van der Waals surface area contributed by atoms with E-state index in [1.54, 1.807) is 18.0 Å². The van der Waals surface area contributed by atoms with Crippen molar-refractivity contribution in [2.75, 3.05) is 20.1 Å². The maximum absolute atomic E-state index is 12.8. The fourth-order valence-corrected chi connectivity index (χ4v) is 4.09. The van der Waals surface area contributed by atoms with E-state index >= 15 is 0 Å². The van der Waals surface area contributed by atoms with Crippen molar-refractivity contribution in [2.45, 2.75) is 38.8 Å². The topological polar surface area (TPSA) is 62.5 Å². The van der Waals surface area contributed by atoms with Gasteiger partial charge in [0.25, 0.3) is 5.91 Å². The molecular weight excluding hydrogens is 412 g/mol. The Morgan fingerprint density at radius 2 is 1.77 bits per heavy atom. The summed E-state index contributed by atoms with van der Waals surface area (Å²) in [4.78, 5) is 21.3. The number of benzene rings is 2. The van der Waals surface area contributed by atoms with E-state index < -0.39 is 0 Å². The third-order valence-corrected chi connectivity index (χ3v) is 5.94. The second-order valence-corrected chi connectivity index (χ2v) is 8.45. The fraction of sp³-hybridized carbons (Fsp3) is 0.375. The van der Waals surface area contributed by atoms with Gasteiger partial charge >= 0.3 is 0 Å². The molecule has 3 aromatic rings. The van der Waals surface area contributed by atoms with E-state index in [2.05, 4.69) is 15.0 Å². The molecule has 1 saturated heterocycles. The van der Waals surface area contributed by atoms with Crippen LogP contribution in [-0.4, -0.2) is 46.0 Å². The lowest BCUT2D eigenvalue weighted by molar-refractivity contribution is 0.0769. The van der Waals surface area contributed by atoms with Crippen molar-refractivity contribution < 1.29 is 9.32 Å². The van der Waals surface area contributed by atoms with E-state index in [4.69, 9.17) is 16.1 Å². The Bertz CT molecular complexity index is 1010. The number of aromatic nitrogens is 2. The van der Waals surface area contributed by atoms with Crippen LogP contribution in [0.15, 0.2) is 53.1 Å². The largest absolute Gasteiger partial charge is 0.337 e. The first kappa shape index (κ1) is 21.5. The summed E-state index contributed by atoms with van der Waals surface area (Å²) in [5.74, 6) is 0.696. The molecule has 1 aromatic heterocycles. The monoisotopic (exact) mass is 438 g/mol. The summed E-state index contributed by atoms with van der Waals surface area (Å²) in [6, 6.07) is 15.2. The standard InChI is InChI=1S/C24H27ClN4O2/c1-28(17-22-26-23(27-31-22)20-8-4-5-9-21(20)25)24(30)19-12-10-18(11-13-19)16-29-14-6-2-3-7-15-29/h4-5,8-13H,2-3,6-7,14-17H2,1H3. The van der Waals surface area contributed by atoms with Gasteiger partial charge in [-0.25, -0.2) is 0 Å². The molecule has 2 aromatic carbocycles. The smallest absolute Gasteiger partial charge is 0.254 e. The Labute approximate surface area is 187 Å². The highest BCUT2D eigenvalue weighted by atomic mass is 35.5. The lowest BCUT2D eigenvalue weighted by atomic mass is 10.1. The Kier molecular flexibility index (Phi) is 6.99. The molecule has 6 nitrogen and oxygen atoms in total. The van der Waals surface area contributed by atoms with Gasteiger partial charge in [-0.1, -0.05) is 53.9 Å². The van der Waals surface area contributed by atoms with Crippen molar-refractivity contribution in [3.05, 3.63) is 70.6 Å². The number of likely N-dealkylation sites (tertiary alicyclic amines) is 1. The molecule has 7 heteroatoms. The number of rotatable bonds is 6. The SMILES string of the molecule is CN(Cc1nc(-c2ccccc2Cl)no1)C(=O)c1ccc(CN2CCCCCC2)cc1. The molecule has 0 aliphatic carbocycles. The van der Waals surface area contributed by atoms with Crippen molar-refractivity contribution in [3.63, 3.8) is 0 Å². The van der Waals surface area contributed by atoms with Gasteiger partial charge in [0.15, 0.2) is 0 Å². The molecule has 31 heavy (non-hydrogen) atoms. The van der Waals surface area contributed by atoms with Gasteiger partial charge in [-0.15, -0.1) is 0 Å². The van der Waals surface area contributed by atoms with E-state index in [0.717, 1.165) is 19.6 Å². The number of amides is 1. The van der Waals surface area contributed by atoms with Crippen LogP contribution in [0.1, 0.15) is 47.5 Å². The zero-order valence-electron chi connectivity index (χ0n) is 17.8. The highest BCUT2D eigenvalue weighted by Gasteiger charge is 2.17. The summed E-state index contributed by atoms with van der Waals surface area (Å²) >= 11 is 6.20. The average Bonchev–Trinajstić information content (AvgIpc) is 3.08. The summed E-state index contributed by atoms with van der Waals surface area (Å²) < 4.78 is 5.33. The molecule has 2 heterocycles. The first-order valence-corrected chi connectivity index (χ1v) is 11.1. The van der Waals surface area contributed by atoms with Crippen LogP contribution in [0.3, 0.4) is 0 Å². The number of carbonyl (C=O) groups excluding carboxylic acids is 1. The van der Waals surface area contributed by atoms with Crippen LogP contribution in [0.2, 0.25) is 5.02 Å². The van der Waals surface area contributed by atoms with E-state index in [9.17, 15) is 4.79 Å². The molecule has 1 aliphatic heterocycles. The van der Waals surface area contributed by atoms with Crippen LogP contribution in [-0.2, 0) is 13.1 Å². The lowest BCUT2D eigenvalue weighted by Crippen LogP contribution is -2.26. The highest BCUT2D eigenvalue weighted by molar-refractivity contribution is 6.33. The maximum Gasteiger partial charge on any atom is 0.254 e. The quantitative estimate of drug-likeness (QED) is 0.539. The summed E-state index contributed by atoms with van der Waals surface area (Å²) in [6.45, 7) is 3.48. The number of nitrogens with zero attached hydrogens (tertiary/aromatic N) is 4. The van der Waals surface area contributed by atoms with Crippen molar-refractivity contribution in [2.24, 2.45) is 0 Å². The first-order chi connectivity index (χ1) is 15.1. The third-order valence-electron chi connectivity index (χ3n) is 5.61. The molecule has 1 aliphatic rings. The molecule has 0 saturated carbocycles. The average molecular weight is 439 g/mol. The second kappa shape index (κ2) is 10.1. The van der Waals surface area contributed by atoms with E-state index in [1.807, 2.05) is 42.5 Å². The molecule has 0 spiro atoms. The first-order valence-electron chi connectivity index (χ1n) is 10.7. The third kappa shape index (κ3) is 5.51. The zero-order valence-corrected chi connectivity index (χ0v) is 18.5. The molecular formula is C24H27ClN4O2. The van der Waals surface area contributed by atoms with Crippen LogP contribution in [0, 0.1) is 0 Å². The van der Waals surface area contributed by atoms with Crippen molar-refractivity contribution in [1.82, 2.24) is 19.9 Å².